The number of nitrogens with zero attached hydrogens (tertiary/aromatic N) is 4. The Morgan fingerprint density at radius 2 is 2.14 bits per heavy atom. The van der Waals surface area contributed by atoms with Gasteiger partial charge in [-0.15, -0.1) is 0 Å². The van der Waals surface area contributed by atoms with Crippen LogP contribution in [0.1, 0.15) is 11.5 Å². The third-order valence-electron chi connectivity index (χ3n) is 4.20. The first-order valence-corrected chi connectivity index (χ1v) is 9.90. The Morgan fingerprint density at radius 3 is 2.86 bits per heavy atom. The number of hydrogen-bond acceptors (Lipinski definition) is 7. The first-order chi connectivity index (χ1) is 14.1. The fraction of sp³-hybridized carbons (Fsp3) is 0.211. The molecule has 0 spiro atoms. The number of likely N-dealkylation sites (N-methyl/N-ethyl adjacent to an activating group) is 1. The van der Waals surface area contributed by atoms with Crippen LogP contribution in [-0.4, -0.2) is 43.6 Å². The van der Waals surface area contributed by atoms with Gasteiger partial charge >= 0.3 is 0 Å². The minimum atomic E-state index is -0.0666. The van der Waals surface area contributed by atoms with Gasteiger partial charge in [0.1, 0.15) is 11.6 Å². The van der Waals surface area contributed by atoms with Gasteiger partial charge in [-0.05, 0) is 50.2 Å². The first-order valence-electron chi connectivity index (χ1n) is 9.13. The van der Waals surface area contributed by atoms with Crippen molar-refractivity contribution in [3.63, 3.8) is 0 Å². The Bertz CT molecular complexity index is 1020. The summed E-state index contributed by atoms with van der Waals surface area (Å²) in [7, 11) is 1.74. The van der Waals surface area contributed by atoms with Crippen molar-refractivity contribution in [1.29, 1.82) is 0 Å². The summed E-state index contributed by atoms with van der Waals surface area (Å²) in [5, 5.41) is 16.2. The van der Waals surface area contributed by atoms with Crippen molar-refractivity contribution in [2.75, 3.05) is 24.2 Å². The number of hydrogen-bond donors (Lipinski definition) is 4. The highest BCUT2D eigenvalue weighted by Crippen LogP contribution is 2.30. The number of aryl methyl sites for hydroxylation is 1. The van der Waals surface area contributed by atoms with Gasteiger partial charge in [0.2, 0.25) is 5.91 Å². The number of carbonyl (C=O) groups is 1. The zero-order valence-electron chi connectivity index (χ0n) is 16.1. The third kappa shape index (κ3) is 4.61. The van der Waals surface area contributed by atoms with E-state index in [0.717, 1.165) is 33.7 Å². The molecule has 4 N–H and O–H groups in total. The lowest BCUT2D eigenvalue weighted by Crippen LogP contribution is -2.25. The Kier molecular flexibility index (Phi) is 5.54. The van der Waals surface area contributed by atoms with E-state index in [2.05, 4.69) is 35.4 Å². The lowest BCUT2D eigenvalue weighted by molar-refractivity contribution is -0.115. The molecular formula is C19H22N8OS. The lowest BCUT2D eigenvalue weighted by Gasteiger charge is -2.26. The second-order valence-electron chi connectivity index (χ2n) is 6.56. The molecule has 0 saturated heterocycles. The first kappa shape index (κ1) is 19.1. The highest BCUT2D eigenvalue weighted by molar-refractivity contribution is 7.97. The van der Waals surface area contributed by atoms with Gasteiger partial charge in [0.15, 0.2) is 5.82 Å². The van der Waals surface area contributed by atoms with Crippen LogP contribution in [0, 0.1) is 6.92 Å². The Morgan fingerprint density at radius 1 is 1.31 bits per heavy atom. The van der Waals surface area contributed by atoms with Crippen LogP contribution in [0.3, 0.4) is 0 Å². The predicted molar refractivity (Wildman–Crippen MR) is 114 cm³/mol. The van der Waals surface area contributed by atoms with Crippen molar-refractivity contribution in [1.82, 2.24) is 29.4 Å². The van der Waals surface area contributed by atoms with Crippen LogP contribution in [0.5, 0.6) is 0 Å². The molecule has 150 valence electrons. The monoisotopic (exact) mass is 410 g/mol. The van der Waals surface area contributed by atoms with Crippen LogP contribution in [0.25, 0.3) is 5.82 Å². The van der Waals surface area contributed by atoms with Crippen molar-refractivity contribution in [2.24, 2.45) is 0 Å². The number of anilines is 2. The molecule has 2 aromatic heterocycles. The summed E-state index contributed by atoms with van der Waals surface area (Å²) in [6.45, 7) is 2.92. The Labute approximate surface area is 172 Å². The summed E-state index contributed by atoms with van der Waals surface area (Å²) in [4.78, 5) is 17.2. The smallest absolute Gasteiger partial charge is 0.238 e. The zero-order chi connectivity index (χ0) is 20.2. The molecular weight excluding hydrogens is 388 g/mol. The summed E-state index contributed by atoms with van der Waals surface area (Å²) in [6, 6.07) is 9.72. The quantitative estimate of drug-likeness (QED) is 0.444. The zero-order valence-corrected chi connectivity index (χ0v) is 17.0. The fourth-order valence-electron chi connectivity index (χ4n) is 2.92. The Hall–Kier alpha value is -3.24. The molecule has 0 atom stereocenters. The molecule has 0 aliphatic carbocycles. The molecule has 1 amide bonds. The largest absolute Gasteiger partial charge is 0.325 e. The number of aromatic amines is 1. The van der Waals surface area contributed by atoms with E-state index >= 15 is 0 Å². The highest BCUT2D eigenvalue weighted by Gasteiger charge is 2.19. The van der Waals surface area contributed by atoms with E-state index in [-0.39, 0.29) is 12.5 Å². The predicted octanol–water partition coefficient (Wildman–Crippen LogP) is 2.46. The van der Waals surface area contributed by atoms with Crippen molar-refractivity contribution in [3.8, 4) is 0 Å². The van der Waals surface area contributed by atoms with Crippen molar-refractivity contribution in [2.45, 2.75) is 18.4 Å². The number of nitrogens with one attached hydrogen (secondary N) is 4. The Balaban J connectivity index is 1.47. The molecule has 1 aliphatic heterocycles. The summed E-state index contributed by atoms with van der Waals surface area (Å²) < 4.78 is 4.13. The van der Waals surface area contributed by atoms with Crippen LogP contribution in [0.2, 0.25) is 0 Å². The molecule has 0 bridgehead atoms. The molecule has 1 aliphatic rings. The molecule has 0 saturated carbocycles. The topological polar surface area (TPSA) is 103 Å². The van der Waals surface area contributed by atoms with Crippen LogP contribution in [-0.2, 0) is 11.3 Å². The minimum absolute atomic E-state index is 0.0666. The molecule has 1 aromatic carbocycles. The molecule has 3 heterocycles. The maximum Gasteiger partial charge on any atom is 0.238 e. The normalized spacial score (nSPS) is 13.0. The van der Waals surface area contributed by atoms with Gasteiger partial charge in [-0.1, -0.05) is 0 Å². The van der Waals surface area contributed by atoms with Crippen molar-refractivity contribution in [3.05, 3.63) is 60.4 Å². The number of benzene rings is 1. The summed E-state index contributed by atoms with van der Waals surface area (Å²) in [6.07, 6.45) is 5.75. The van der Waals surface area contributed by atoms with Crippen LogP contribution in [0.15, 0.2) is 53.8 Å². The lowest BCUT2D eigenvalue weighted by atomic mass is 10.3. The van der Waals surface area contributed by atoms with Crippen LogP contribution in [0.4, 0.5) is 11.5 Å². The molecule has 0 unspecified atom stereocenters. The summed E-state index contributed by atoms with van der Waals surface area (Å²) in [5.74, 6) is 2.49. The van der Waals surface area contributed by atoms with Crippen LogP contribution >= 0.6 is 11.9 Å². The van der Waals surface area contributed by atoms with E-state index < -0.39 is 0 Å². The number of amides is 1. The maximum absolute atomic E-state index is 11.7. The van der Waals surface area contributed by atoms with Gasteiger partial charge in [0.25, 0.3) is 0 Å². The number of imidazole rings is 1. The number of aromatic nitrogens is 4. The molecule has 0 fully saturated rings. The standard InChI is InChI=1S/C19H22N8OS/c1-13-9-16(25-24-13)23-18-12-26(11-17-21-7-8-27(17)18)29-15-5-3-14(4-6-15)22-19(28)10-20-2/h3-9,12,20H,10-11H2,1-2H3,(H,22,28)(H2,23,24,25). The van der Waals surface area contributed by atoms with Crippen LogP contribution < -0.4 is 16.0 Å². The second kappa shape index (κ2) is 8.41. The third-order valence-corrected chi connectivity index (χ3v) is 5.15. The highest BCUT2D eigenvalue weighted by atomic mass is 32.2. The van der Waals surface area contributed by atoms with Gasteiger partial charge in [-0.2, -0.15) is 5.10 Å². The molecule has 3 aromatic rings. The SMILES string of the molecule is CNCC(=O)Nc1ccc(SN2C=C(Nc3cc(C)[nH]n3)n3ccnc3C2)cc1. The number of fused-ring (bicyclic) bond motifs is 1. The number of carbonyl (C=O) groups excluding carboxylic acids is 1. The van der Waals surface area contributed by atoms with Gasteiger partial charge in [-0.25, -0.2) is 4.98 Å². The summed E-state index contributed by atoms with van der Waals surface area (Å²) >= 11 is 1.60. The minimum Gasteiger partial charge on any atom is -0.325 e. The summed E-state index contributed by atoms with van der Waals surface area (Å²) in [5.41, 5.74) is 1.76. The van der Waals surface area contributed by atoms with Crippen molar-refractivity contribution >= 4 is 35.2 Å². The molecule has 4 rings (SSSR count). The molecule has 29 heavy (non-hydrogen) atoms. The van der Waals surface area contributed by atoms with Gasteiger partial charge in [0, 0.05) is 34.7 Å². The van der Waals surface area contributed by atoms with E-state index in [9.17, 15) is 4.79 Å². The molecule has 0 radical (unpaired) electrons. The second-order valence-corrected chi connectivity index (χ2v) is 7.68. The molecule has 10 heteroatoms. The maximum atomic E-state index is 11.7. The average Bonchev–Trinajstić information content (AvgIpc) is 3.32. The number of rotatable bonds is 7. The van der Waals surface area contributed by atoms with E-state index in [1.165, 1.54) is 0 Å². The molecule has 9 nitrogen and oxygen atoms in total. The van der Waals surface area contributed by atoms with Gasteiger partial charge < -0.3 is 20.3 Å². The van der Waals surface area contributed by atoms with E-state index in [1.54, 1.807) is 25.2 Å². The number of H-pyrrole nitrogens is 1. The van der Waals surface area contributed by atoms with Gasteiger partial charge in [-0.3, -0.25) is 14.5 Å². The fourth-order valence-corrected chi connectivity index (χ4v) is 3.78. The van der Waals surface area contributed by atoms with E-state index in [4.69, 9.17) is 0 Å². The van der Waals surface area contributed by atoms with E-state index in [1.807, 2.05) is 54.2 Å². The van der Waals surface area contributed by atoms with Gasteiger partial charge in [0.05, 0.1) is 19.3 Å². The van der Waals surface area contributed by atoms with E-state index in [0.29, 0.717) is 6.54 Å². The average molecular weight is 411 g/mol. The van der Waals surface area contributed by atoms with Crippen molar-refractivity contribution < 1.29 is 4.79 Å².